The lowest BCUT2D eigenvalue weighted by Crippen LogP contribution is -2.42. The molecule has 108 valence electrons. The third-order valence-electron chi connectivity index (χ3n) is 2.95. The van der Waals surface area contributed by atoms with Crippen LogP contribution >= 0.6 is 11.6 Å². The van der Waals surface area contributed by atoms with E-state index in [9.17, 15) is 13.2 Å². The van der Waals surface area contributed by atoms with E-state index in [4.69, 9.17) is 17.3 Å². The van der Waals surface area contributed by atoms with Crippen LogP contribution in [0.25, 0.3) is 0 Å². The Morgan fingerprint density at radius 1 is 1.21 bits per heavy atom. The van der Waals surface area contributed by atoms with Crippen LogP contribution in [0.3, 0.4) is 0 Å². The Morgan fingerprint density at radius 3 is 2.37 bits per heavy atom. The van der Waals surface area contributed by atoms with Gasteiger partial charge in [-0.3, -0.25) is 0 Å². The van der Waals surface area contributed by atoms with Crippen molar-refractivity contribution in [3.8, 4) is 0 Å². The molecule has 0 aromatic heterocycles. The average Bonchev–Trinajstić information content (AvgIpc) is 2.30. The minimum atomic E-state index is -4.13. The van der Waals surface area contributed by atoms with E-state index in [1.54, 1.807) is 31.2 Å². The van der Waals surface area contributed by atoms with Crippen LogP contribution in [-0.4, -0.2) is 18.3 Å². The molecule has 0 aliphatic rings. The number of hydrogen-bond donors (Lipinski definition) is 2. The summed E-state index contributed by atoms with van der Waals surface area (Å²) in [6.45, 7) is 2.03. The van der Waals surface area contributed by atoms with Crippen LogP contribution in [0.2, 0.25) is 5.02 Å². The van der Waals surface area contributed by atoms with Crippen LogP contribution in [0.15, 0.2) is 24.3 Å². The summed E-state index contributed by atoms with van der Waals surface area (Å²) in [6.07, 6.45) is -4.56. The smallest absolute Gasteiger partial charge is 0.377 e. The molecule has 3 N–H and O–H groups in total. The van der Waals surface area contributed by atoms with Crippen molar-refractivity contribution in [2.45, 2.75) is 37.9 Å². The molecule has 0 spiro atoms. The van der Waals surface area contributed by atoms with Crippen LogP contribution in [0.4, 0.5) is 18.9 Å². The molecule has 1 unspecified atom stereocenters. The molecule has 1 aromatic carbocycles. The second kappa shape index (κ2) is 6.48. The normalized spacial score (nSPS) is 15.1. The standard InChI is InChI=1S/C13H18ClF3N2/c1-12(9-18,7-4-8-13(15,16)17)19-11-6-3-2-5-10(11)14/h2-3,5-6,19H,4,7-9,18H2,1H3. The molecule has 2 nitrogen and oxygen atoms in total. The fourth-order valence-electron chi connectivity index (χ4n) is 1.78. The number of hydrogen-bond acceptors (Lipinski definition) is 2. The van der Waals surface area contributed by atoms with E-state index in [2.05, 4.69) is 5.32 Å². The van der Waals surface area contributed by atoms with Gasteiger partial charge in [0.25, 0.3) is 0 Å². The van der Waals surface area contributed by atoms with Gasteiger partial charge in [0.05, 0.1) is 10.7 Å². The van der Waals surface area contributed by atoms with Crippen molar-refractivity contribution in [2.75, 3.05) is 11.9 Å². The molecule has 0 saturated carbocycles. The molecule has 1 rings (SSSR count). The van der Waals surface area contributed by atoms with Crippen molar-refractivity contribution in [1.82, 2.24) is 0 Å². The summed E-state index contributed by atoms with van der Waals surface area (Å²) in [5.41, 5.74) is 5.75. The molecule has 0 radical (unpaired) electrons. The highest BCUT2D eigenvalue weighted by Gasteiger charge is 2.29. The summed E-state index contributed by atoms with van der Waals surface area (Å²) >= 11 is 6.01. The Labute approximate surface area is 116 Å². The minimum Gasteiger partial charge on any atom is -0.377 e. The lowest BCUT2D eigenvalue weighted by atomic mass is 9.94. The predicted molar refractivity (Wildman–Crippen MR) is 72.4 cm³/mol. The first-order valence-electron chi connectivity index (χ1n) is 6.05. The Kier molecular flexibility index (Phi) is 5.50. The highest BCUT2D eigenvalue weighted by atomic mass is 35.5. The fraction of sp³-hybridized carbons (Fsp3) is 0.538. The first kappa shape index (κ1) is 16.1. The average molecular weight is 295 g/mol. The summed E-state index contributed by atoms with van der Waals surface area (Å²) in [5.74, 6) is 0. The van der Waals surface area contributed by atoms with E-state index in [1.807, 2.05) is 0 Å². The van der Waals surface area contributed by atoms with Gasteiger partial charge in [-0.1, -0.05) is 23.7 Å². The van der Waals surface area contributed by atoms with Crippen molar-refractivity contribution in [3.05, 3.63) is 29.3 Å². The van der Waals surface area contributed by atoms with Gasteiger partial charge < -0.3 is 11.1 Å². The topological polar surface area (TPSA) is 38.0 Å². The van der Waals surface area contributed by atoms with Crippen molar-refractivity contribution in [3.63, 3.8) is 0 Å². The van der Waals surface area contributed by atoms with Gasteiger partial charge in [-0.25, -0.2) is 0 Å². The van der Waals surface area contributed by atoms with Crippen molar-refractivity contribution >= 4 is 17.3 Å². The third-order valence-corrected chi connectivity index (χ3v) is 3.28. The second-order valence-electron chi connectivity index (χ2n) is 4.84. The van der Waals surface area contributed by atoms with Crippen molar-refractivity contribution < 1.29 is 13.2 Å². The zero-order valence-electron chi connectivity index (χ0n) is 10.7. The monoisotopic (exact) mass is 294 g/mol. The number of anilines is 1. The number of para-hydroxylation sites is 1. The highest BCUT2D eigenvalue weighted by molar-refractivity contribution is 6.33. The molecule has 0 heterocycles. The Bertz CT molecular complexity index is 409. The molecule has 1 aromatic rings. The molecule has 0 fully saturated rings. The second-order valence-corrected chi connectivity index (χ2v) is 5.25. The quantitative estimate of drug-likeness (QED) is 0.825. The number of nitrogens with one attached hydrogen (secondary N) is 1. The summed E-state index contributed by atoms with van der Waals surface area (Å²) < 4.78 is 36.5. The summed E-state index contributed by atoms with van der Waals surface area (Å²) in [4.78, 5) is 0. The lowest BCUT2D eigenvalue weighted by molar-refractivity contribution is -0.136. The van der Waals surface area contributed by atoms with Crippen molar-refractivity contribution in [2.24, 2.45) is 5.73 Å². The third kappa shape index (κ3) is 5.70. The van der Waals surface area contributed by atoms with Crippen LogP contribution in [-0.2, 0) is 0 Å². The van der Waals surface area contributed by atoms with E-state index in [1.165, 1.54) is 0 Å². The summed E-state index contributed by atoms with van der Waals surface area (Å²) in [7, 11) is 0. The number of halogens is 4. The summed E-state index contributed by atoms with van der Waals surface area (Å²) in [5, 5.41) is 3.66. The van der Waals surface area contributed by atoms with Crippen LogP contribution in [0.5, 0.6) is 0 Å². The molecule has 0 aliphatic heterocycles. The maximum absolute atomic E-state index is 12.2. The largest absolute Gasteiger partial charge is 0.389 e. The van der Waals surface area contributed by atoms with Gasteiger partial charge >= 0.3 is 6.18 Å². The SMILES string of the molecule is CC(CN)(CCCC(F)(F)F)Nc1ccccc1Cl. The maximum atomic E-state index is 12.2. The van der Waals surface area contributed by atoms with Crippen LogP contribution in [0.1, 0.15) is 26.2 Å². The van der Waals surface area contributed by atoms with Gasteiger partial charge in [-0.2, -0.15) is 13.2 Å². The maximum Gasteiger partial charge on any atom is 0.389 e. The van der Waals surface area contributed by atoms with Gasteiger partial charge in [0.1, 0.15) is 0 Å². The molecular weight excluding hydrogens is 277 g/mol. The van der Waals surface area contributed by atoms with Gasteiger partial charge in [0.2, 0.25) is 0 Å². The molecule has 0 aliphatic carbocycles. The number of benzene rings is 1. The molecule has 19 heavy (non-hydrogen) atoms. The van der Waals surface area contributed by atoms with Gasteiger partial charge in [-0.15, -0.1) is 0 Å². The number of alkyl halides is 3. The number of nitrogens with two attached hydrogens (primary N) is 1. The van der Waals surface area contributed by atoms with Crippen LogP contribution in [0, 0.1) is 0 Å². The first-order valence-corrected chi connectivity index (χ1v) is 6.43. The predicted octanol–water partition coefficient (Wildman–Crippen LogP) is 4.20. The van der Waals surface area contributed by atoms with E-state index < -0.39 is 18.1 Å². The van der Waals surface area contributed by atoms with Gasteiger partial charge in [-0.05, 0) is 31.9 Å². The lowest BCUT2D eigenvalue weighted by Gasteiger charge is -2.31. The van der Waals surface area contributed by atoms with Gasteiger partial charge in [0.15, 0.2) is 0 Å². The molecule has 1 atom stereocenters. The molecular formula is C13H18ClF3N2. The zero-order chi connectivity index (χ0) is 14.5. The summed E-state index contributed by atoms with van der Waals surface area (Å²) in [6, 6.07) is 7.09. The molecule has 0 bridgehead atoms. The first-order chi connectivity index (χ1) is 8.76. The zero-order valence-corrected chi connectivity index (χ0v) is 11.5. The Balaban J connectivity index is 2.63. The Morgan fingerprint density at radius 2 is 1.84 bits per heavy atom. The van der Waals surface area contributed by atoms with E-state index >= 15 is 0 Å². The fourth-order valence-corrected chi connectivity index (χ4v) is 1.97. The van der Waals surface area contributed by atoms with E-state index in [0.29, 0.717) is 17.1 Å². The van der Waals surface area contributed by atoms with E-state index in [0.717, 1.165) is 0 Å². The highest BCUT2D eigenvalue weighted by Crippen LogP contribution is 2.29. The molecule has 6 heteroatoms. The van der Waals surface area contributed by atoms with E-state index in [-0.39, 0.29) is 13.0 Å². The number of rotatable bonds is 6. The Hall–Kier alpha value is -0.940. The minimum absolute atomic E-state index is 0.0364. The molecule has 0 amide bonds. The van der Waals surface area contributed by atoms with Crippen molar-refractivity contribution in [1.29, 1.82) is 0 Å². The van der Waals surface area contributed by atoms with Crippen LogP contribution < -0.4 is 11.1 Å². The molecule has 0 saturated heterocycles. The van der Waals surface area contributed by atoms with Gasteiger partial charge in [0, 0.05) is 18.5 Å².